The van der Waals surface area contributed by atoms with Gasteiger partial charge in [0.15, 0.2) is 5.65 Å². The van der Waals surface area contributed by atoms with Gasteiger partial charge in [-0.15, -0.1) is 0 Å². The van der Waals surface area contributed by atoms with Crippen LogP contribution in [-0.2, 0) is 7.05 Å². The number of halogens is 1. The number of hydrogen-bond acceptors (Lipinski definition) is 5. The molecule has 5 rings (SSSR count). The molecule has 0 unspecified atom stereocenters. The Morgan fingerprint density at radius 3 is 2.90 bits per heavy atom. The van der Waals surface area contributed by atoms with Crippen molar-refractivity contribution in [1.29, 1.82) is 0 Å². The van der Waals surface area contributed by atoms with E-state index in [1.807, 2.05) is 25.6 Å². The zero-order valence-corrected chi connectivity index (χ0v) is 18.2. The third-order valence-corrected chi connectivity index (χ3v) is 6.70. The van der Waals surface area contributed by atoms with Gasteiger partial charge in [0, 0.05) is 55.1 Å². The van der Waals surface area contributed by atoms with E-state index in [0.29, 0.717) is 11.1 Å². The van der Waals surface area contributed by atoms with Crippen molar-refractivity contribution in [2.75, 3.05) is 11.9 Å². The molecule has 3 N–H and O–H groups in total. The second-order valence-electron chi connectivity index (χ2n) is 8.44. The second-order valence-corrected chi connectivity index (χ2v) is 8.82. The fourth-order valence-corrected chi connectivity index (χ4v) is 4.93. The van der Waals surface area contributed by atoms with Crippen LogP contribution in [0.1, 0.15) is 31.2 Å². The first-order chi connectivity index (χ1) is 14.4. The lowest BCUT2D eigenvalue weighted by molar-refractivity contribution is 0.381. The first-order valence-corrected chi connectivity index (χ1v) is 10.8. The smallest absolute Gasteiger partial charge is 0.159 e. The molecule has 1 aromatic carbocycles. The van der Waals surface area contributed by atoms with E-state index in [9.17, 15) is 0 Å². The summed E-state index contributed by atoms with van der Waals surface area (Å²) < 4.78 is 1.79. The maximum absolute atomic E-state index is 6.78. The summed E-state index contributed by atoms with van der Waals surface area (Å²) in [6.07, 6.45) is 10.1. The van der Waals surface area contributed by atoms with Crippen molar-refractivity contribution in [3.8, 4) is 11.1 Å². The van der Waals surface area contributed by atoms with Gasteiger partial charge in [-0.1, -0.05) is 11.6 Å². The first-order valence-electron chi connectivity index (χ1n) is 10.4. The number of aromatic amines is 1. The van der Waals surface area contributed by atoms with Gasteiger partial charge in [-0.3, -0.25) is 4.68 Å². The summed E-state index contributed by atoms with van der Waals surface area (Å²) in [5.41, 5.74) is 11.6. The molecule has 1 saturated carbocycles. The Bertz CT molecular complexity index is 1240. The van der Waals surface area contributed by atoms with E-state index in [-0.39, 0.29) is 6.04 Å². The number of nitrogens with one attached hydrogen (secondary N) is 1. The van der Waals surface area contributed by atoms with Gasteiger partial charge < -0.3 is 15.6 Å². The van der Waals surface area contributed by atoms with E-state index in [4.69, 9.17) is 27.3 Å². The van der Waals surface area contributed by atoms with Crippen LogP contribution < -0.4 is 10.6 Å². The van der Waals surface area contributed by atoms with Gasteiger partial charge in [-0.2, -0.15) is 5.10 Å². The summed E-state index contributed by atoms with van der Waals surface area (Å²) >= 11 is 6.78. The lowest BCUT2D eigenvalue weighted by Gasteiger charge is -2.34. The van der Waals surface area contributed by atoms with Crippen molar-refractivity contribution in [1.82, 2.24) is 24.7 Å². The molecule has 8 heteroatoms. The van der Waals surface area contributed by atoms with E-state index in [0.717, 1.165) is 70.3 Å². The quantitative estimate of drug-likeness (QED) is 0.516. The van der Waals surface area contributed by atoms with Gasteiger partial charge in [0.1, 0.15) is 11.3 Å². The number of H-pyrrole nitrogens is 1. The predicted octanol–water partition coefficient (Wildman–Crippen LogP) is 4.18. The van der Waals surface area contributed by atoms with E-state index < -0.39 is 0 Å². The minimum absolute atomic E-state index is 0.271. The summed E-state index contributed by atoms with van der Waals surface area (Å²) in [7, 11) is 3.99. The number of aromatic nitrogens is 5. The molecule has 1 aliphatic rings. The molecule has 30 heavy (non-hydrogen) atoms. The Labute approximate surface area is 180 Å². The van der Waals surface area contributed by atoms with Crippen molar-refractivity contribution in [2.45, 2.75) is 44.7 Å². The molecule has 0 radical (unpaired) electrons. The van der Waals surface area contributed by atoms with Crippen LogP contribution in [0.2, 0.25) is 5.02 Å². The molecule has 3 aromatic heterocycles. The molecule has 0 bridgehead atoms. The van der Waals surface area contributed by atoms with Crippen LogP contribution in [0.25, 0.3) is 33.2 Å². The molecule has 1 fully saturated rings. The van der Waals surface area contributed by atoms with Crippen LogP contribution in [-0.4, -0.2) is 43.9 Å². The Morgan fingerprint density at radius 2 is 2.10 bits per heavy atom. The molecule has 0 spiro atoms. The Kier molecular flexibility index (Phi) is 4.67. The van der Waals surface area contributed by atoms with Crippen LogP contribution in [0.3, 0.4) is 0 Å². The number of fused-ring (bicyclic) bond motifs is 2. The monoisotopic (exact) mass is 423 g/mol. The van der Waals surface area contributed by atoms with E-state index >= 15 is 0 Å². The molecule has 7 nitrogen and oxygen atoms in total. The largest absolute Gasteiger partial charge is 0.355 e. The molecule has 2 atom stereocenters. The molecular weight excluding hydrogens is 398 g/mol. The highest BCUT2D eigenvalue weighted by atomic mass is 35.5. The van der Waals surface area contributed by atoms with Crippen molar-refractivity contribution in [2.24, 2.45) is 12.8 Å². The predicted molar refractivity (Wildman–Crippen MR) is 122 cm³/mol. The van der Waals surface area contributed by atoms with Crippen molar-refractivity contribution in [3.05, 3.63) is 35.2 Å². The van der Waals surface area contributed by atoms with Gasteiger partial charge in [-0.05, 0) is 44.2 Å². The Morgan fingerprint density at radius 1 is 1.27 bits per heavy atom. The van der Waals surface area contributed by atoms with E-state index in [2.05, 4.69) is 35.0 Å². The topological polar surface area (TPSA) is 88.6 Å². The molecule has 4 aromatic rings. The normalized spacial score (nSPS) is 19.6. The third-order valence-electron chi connectivity index (χ3n) is 6.29. The Hall–Kier alpha value is -2.64. The average molecular weight is 424 g/mol. The van der Waals surface area contributed by atoms with Crippen LogP contribution in [0.4, 0.5) is 5.82 Å². The molecule has 156 valence electrons. The van der Waals surface area contributed by atoms with Crippen molar-refractivity contribution in [3.63, 3.8) is 0 Å². The fourth-order valence-electron chi connectivity index (χ4n) is 4.63. The summed E-state index contributed by atoms with van der Waals surface area (Å²) in [6, 6.07) is 2.75. The van der Waals surface area contributed by atoms with Gasteiger partial charge >= 0.3 is 0 Å². The zero-order chi connectivity index (χ0) is 21.0. The van der Waals surface area contributed by atoms with E-state index in [1.54, 1.807) is 4.68 Å². The molecule has 0 aliphatic heterocycles. The number of aryl methyl sites for hydroxylation is 2. The van der Waals surface area contributed by atoms with Gasteiger partial charge in [0.05, 0.1) is 16.7 Å². The lowest BCUT2D eigenvalue weighted by Crippen LogP contribution is -2.41. The molecule has 0 amide bonds. The zero-order valence-electron chi connectivity index (χ0n) is 17.5. The summed E-state index contributed by atoms with van der Waals surface area (Å²) in [5, 5.41) is 6.15. The third kappa shape index (κ3) is 3.13. The van der Waals surface area contributed by atoms with Gasteiger partial charge in [-0.25, -0.2) is 9.97 Å². The number of benzene rings is 1. The van der Waals surface area contributed by atoms with E-state index in [1.165, 1.54) is 0 Å². The van der Waals surface area contributed by atoms with Crippen LogP contribution in [0, 0.1) is 6.92 Å². The highest BCUT2D eigenvalue weighted by Gasteiger charge is 2.24. The van der Waals surface area contributed by atoms with Crippen LogP contribution in [0.5, 0.6) is 0 Å². The second kappa shape index (κ2) is 7.25. The SMILES string of the molecule is Cc1cc(-c2c[nH]c3nc(N(C)[C@@H]4CCC[C@@H](N)C4)cnc23)c(Cl)c2cn(C)nc12. The molecular formula is C22H26ClN7. The lowest BCUT2D eigenvalue weighted by atomic mass is 9.91. The maximum atomic E-state index is 6.78. The number of hydrogen-bond donors (Lipinski definition) is 2. The van der Waals surface area contributed by atoms with Crippen LogP contribution >= 0.6 is 11.6 Å². The fraction of sp³-hybridized carbons (Fsp3) is 0.409. The van der Waals surface area contributed by atoms with Crippen molar-refractivity contribution >= 4 is 39.5 Å². The molecule has 0 saturated heterocycles. The molecule has 1 aliphatic carbocycles. The highest BCUT2D eigenvalue weighted by molar-refractivity contribution is 6.38. The number of rotatable bonds is 3. The number of anilines is 1. The summed E-state index contributed by atoms with van der Waals surface area (Å²) in [6.45, 7) is 2.05. The standard InChI is InChI=1S/C22H26ClN7/c1-12-7-15(19(23)17-11-29(2)28-20(12)17)16-9-26-22-21(16)25-10-18(27-22)30(3)14-6-4-5-13(24)8-14/h7,9-11,13-14H,4-6,8,24H2,1-3H3,(H,26,27)/t13-,14-/m1/s1. The number of nitrogens with two attached hydrogens (primary N) is 1. The molecule has 3 heterocycles. The highest BCUT2D eigenvalue weighted by Crippen LogP contribution is 2.38. The minimum atomic E-state index is 0.271. The average Bonchev–Trinajstić information content (AvgIpc) is 3.33. The van der Waals surface area contributed by atoms with Gasteiger partial charge in [0.2, 0.25) is 0 Å². The first kappa shape index (κ1) is 19.3. The van der Waals surface area contributed by atoms with Gasteiger partial charge in [0.25, 0.3) is 0 Å². The summed E-state index contributed by atoms with van der Waals surface area (Å²) in [4.78, 5) is 15.1. The Balaban J connectivity index is 1.55. The minimum Gasteiger partial charge on any atom is -0.355 e. The maximum Gasteiger partial charge on any atom is 0.159 e. The van der Waals surface area contributed by atoms with Crippen LogP contribution in [0.15, 0.2) is 24.7 Å². The van der Waals surface area contributed by atoms with Crippen molar-refractivity contribution < 1.29 is 0 Å². The number of nitrogens with zero attached hydrogens (tertiary/aromatic N) is 5. The summed E-state index contributed by atoms with van der Waals surface area (Å²) in [5.74, 6) is 0.861.